The van der Waals surface area contributed by atoms with Gasteiger partial charge in [-0.05, 0) is 48.9 Å². The second kappa shape index (κ2) is 7.46. The quantitative estimate of drug-likeness (QED) is 0.688. The van der Waals surface area contributed by atoms with E-state index in [9.17, 15) is 4.79 Å². The molecule has 5 rings (SSSR count). The van der Waals surface area contributed by atoms with Crippen LogP contribution in [0, 0.1) is 0 Å². The molecule has 2 aromatic heterocycles. The van der Waals surface area contributed by atoms with Crippen LogP contribution >= 0.6 is 11.3 Å². The molecule has 3 aromatic rings. The van der Waals surface area contributed by atoms with Crippen molar-refractivity contribution < 1.29 is 14.4 Å². The number of rotatable bonds is 4. The molecule has 1 aromatic carbocycles. The van der Waals surface area contributed by atoms with Crippen molar-refractivity contribution in [1.29, 1.82) is 0 Å². The second-order valence-electron chi connectivity index (χ2n) is 7.98. The van der Waals surface area contributed by atoms with Gasteiger partial charge in [0.15, 0.2) is 17.3 Å². The Bertz CT molecular complexity index is 1130. The topological polar surface area (TPSA) is 68.7 Å². The van der Waals surface area contributed by atoms with Crippen LogP contribution in [0.1, 0.15) is 40.2 Å². The molecule has 0 saturated carbocycles. The summed E-state index contributed by atoms with van der Waals surface area (Å²) in [7, 11) is 3.34. The molecule has 152 valence electrons. The lowest BCUT2D eigenvalue weighted by atomic mass is 9.97. The maximum atomic E-state index is 12.8. The Labute approximate surface area is 173 Å². The molecule has 0 fully saturated rings. The van der Waals surface area contributed by atoms with Crippen LogP contribution in [0.15, 0.2) is 16.9 Å². The van der Waals surface area contributed by atoms with Gasteiger partial charge < -0.3 is 19.4 Å². The largest absolute Gasteiger partial charge is 0.493 e. The zero-order valence-electron chi connectivity index (χ0n) is 16.9. The third-order valence-electron chi connectivity index (χ3n) is 6.19. The van der Waals surface area contributed by atoms with E-state index in [4.69, 9.17) is 14.5 Å². The van der Waals surface area contributed by atoms with Gasteiger partial charge in [0.05, 0.1) is 26.2 Å². The molecule has 2 aliphatic rings. The summed E-state index contributed by atoms with van der Waals surface area (Å²) in [4.78, 5) is 24.4. The Morgan fingerprint density at radius 2 is 1.86 bits per heavy atom. The van der Waals surface area contributed by atoms with Crippen LogP contribution in [0.2, 0.25) is 0 Å². The first-order chi connectivity index (χ1) is 14.2. The molecular weight excluding hydrogens is 386 g/mol. The Balaban J connectivity index is 1.41. The molecule has 0 bridgehead atoms. The van der Waals surface area contributed by atoms with E-state index >= 15 is 0 Å². The van der Waals surface area contributed by atoms with Crippen molar-refractivity contribution >= 4 is 21.6 Å². The number of H-pyrrole nitrogens is 1. The van der Waals surface area contributed by atoms with Gasteiger partial charge in [-0.3, -0.25) is 4.79 Å². The van der Waals surface area contributed by atoms with Crippen molar-refractivity contribution in [1.82, 2.24) is 9.97 Å². The number of hydrogen-bond donors (Lipinski definition) is 2. The minimum atomic E-state index is 0.0348. The van der Waals surface area contributed by atoms with E-state index in [1.807, 2.05) is 0 Å². The fraction of sp³-hybridized carbons (Fsp3) is 0.455. The van der Waals surface area contributed by atoms with Crippen molar-refractivity contribution in [2.45, 2.75) is 45.2 Å². The minimum Gasteiger partial charge on any atom is -0.493 e. The van der Waals surface area contributed by atoms with E-state index in [-0.39, 0.29) is 5.56 Å². The van der Waals surface area contributed by atoms with Crippen molar-refractivity contribution in [2.24, 2.45) is 0 Å². The van der Waals surface area contributed by atoms with Gasteiger partial charge in [0, 0.05) is 16.9 Å². The number of nitrogens with zero attached hydrogens (tertiary/aromatic N) is 1. The molecule has 3 heterocycles. The Kier molecular flexibility index (Phi) is 4.80. The highest BCUT2D eigenvalue weighted by Crippen LogP contribution is 2.33. The number of thiophene rings is 1. The Morgan fingerprint density at radius 3 is 2.66 bits per heavy atom. The van der Waals surface area contributed by atoms with Gasteiger partial charge in [-0.25, -0.2) is 4.98 Å². The Morgan fingerprint density at radius 1 is 1.10 bits per heavy atom. The van der Waals surface area contributed by atoms with Crippen LogP contribution in [-0.4, -0.2) is 30.7 Å². The van der Waals surface area contributed by atoms with Crippen LogP contribution in [-0.2, 0) is 32.4 Å². The van der Waals surface area contributed by atoms with Gasteiger partial charge in [-0.2, -0.15) is 0 Å². The number of benzene rings is 1. The number of aryl methyl sites for hydroxylation is 2. The number of aromatic nitrogens is 2. The lowest BCUT2D eigenvalue weighted by Gasteiger charge is -2.26. The van der Waals surface area contributed by atoms with Crippen LogP contribution in [0.5, 0.6) is 11.5 Å². The van der Waals surface area contributed by atoms with E-state index in [1.165, 1.54) is 39.3 Å². The molecule has 1 unspecified atom stereocenters. The number of nitrogens with one attached hydrogen (secondary N) is 2. The van der Waals surface area contributed by atoms with Gasteiger partial charge in [0.2, 0.25) is 0 Å². The van der Waals surface area contributed by atoms with E-state index in [1.54, 1.807) is 25.6 Å². The van der Waals surface area contributed by atoms with Gasteiger partial charge in [0.25, 0.3) is 5.56 Å². The van der Waals surface area contributed by atoms with Crippen molar-refractivity contribution in [3.8, 4) is 11.5 Å². The van der Waals surface area contributed by atoms with E-state index in [2.05, 4.69) is 17.1 Å². The summed E-state index contributed by atoms with van der Waals surface area (Å²) in [5, 5.41) is 0.837. The van der Waals surface area contributed by atoms with E-state index < -0.39 is 0 Å². The molecule has 1 aliphatic heterocycles. The zero-order chi connectivity index (χ0) is 20.0. The highest BCUT2D eigenvalue weighted by Gasteiger charge is 2.24. The predicted octanol–water partition coefficient (Wildman–Crippen LogP) is 2.02. The maximum absolute atomic E-state index is 12.8. The molecule has 6 nitrogen and oxygen atoms in total. The summed E-state index contributed by atoms with van der Waals surface area (Å²) >= 11 is 1.72. The summed E-state index contributed by atoms with van der Waals surface area (Å²) in [5.74, 6) is 2.34. The first kappa shape index (κ1) is 18.6. The number of methoxy groups -OCH3 is 2. The minimum absolute atomic E-state index is 0.0348. The molecule has 1 atom stereocenters. The van der Waals surface area contributed by atoms with Gasteiger partial charge in [-0.15, -0.1) is 11.3 Å². The van der Waals surface area contributed by atoms with Crippen LogP contribution in [0.25, 0.3) is 10.2 Å². The lowest BCUT2D eigenvalue weighted by Crippen LogP contribution is -3.10. The molecule has 1 aliphatic carbocycles. The average molecular weight is 413 g/mol. The van der Waals surface area contributed by atoms with Crippen molar-refractivity contribution in [3.63, 3.8) is 0 Å². The van der Waals surface area contributed by atoms with Crippen LogP contribution < -0.4 is 19.9 Å². The van der Waals surface area contributed by atoms with Crippen molar-refractivity contribution in [2.75, 3.05) is 20.8 Å². The highest BCUT2D eigenvalue weighted by molar-refractivity contribution is 7.18. The van der Waals surface area contributed by atoms with Gasteiger partial charge >= 0.3 is 0 Å². The standard InChI is InChI=1S/C22H25N3O3S/c1-27-16-9-13-7-8-25(11-14(13)10-17(16)28-2)12-19-23-21(26)20-15-5-3-4-6-18(15)29-22(20)24-19/h9-10H,3-8,11-12H2,1-2H3,(H,23,24,26)/p+1. The van der Waals surface area contributed by atoms with E-state index in [0.29, 0.717) is 0 Å². The normalized spacial score (nSPS) is 18.3. The fourth-order valence-corrected chi connectivity index (χ4v) is 5.99. The predicted molar refractivity (Wildman–Crippen MR) is 113 cm³/mol. The third kappa shape index (κ3) is 3.32. The average Bonchev–Trinajstić information content (AvgIpc) is 3.11. The molecule has 7 heteroatoms. The van der Waals surface area contributed by atoms with Gasteiger partial charge in [-0.1, -0.05) is 0 Å². The second-order valence-corrected chi connectivity index (χ2v) is 9.07. The summed E-state index contributed by atoms with van der Waals surface area (Å²) in [6, 6.07) is 4.17. The number of fused-ring (bicyclic) bond motifs is 4. The molecule has 0 radical (unpaired) electrons. The SMILES string of the molecule is COc1cc2c(cc1OC)C[NH+](Cc1nc3sc4c(c3c(=O)[nH]1)CCCC4)CC2. The Hall–Kier alpha value is -2.38. The van der Waals surface area contributed by atoms with E-state index in [0.717, 1.165) is 66.4 Å². The molecular formula is C22H26N3O3S+. The summed E-state index contributed by atoms with van der Waals surface area (Å²) < 4.78 is 10.9. The molecule has 29 heavy (non-hydrogen) atoms. The lowest BCUT2D eigenvalue weighted by molar-refractivity contribution is -0.930. The fourth-order valence-electron chi connectivity index (χ4n) is 4.71. The molecule has 0 spiro atoms. The molecule has 0 saturated heterocycles. The zero-order valence-corrected chi connectivity index (χ0v) is 17.7. The van der Waals surface area contributed by atoms with Crippen molar-refractivity contribution in [3.05, 3.63) is 49.9 Å². The van der Waals surface area contributed by atoms with Gasteiger partial charge in [0.1, 0.15) is 17.9 Å². The first-order valence-electron chi connectivity index (χ1n) is 10.3. The highest BCUT2D eigenvalue weighted by atomic mass is 32.1. The van der Waals surface area contributed by atoms with Crippen LogP contribution in [0.4, 0.5) is 0 Å². The summed E-state index contributed by atoms with van der Waals surface area (Å²) in [5.41, 5.74) is 3.87. The third-order valence-corrected chi connectivity index (χ3v) is 7.37. The summed E-state index contributed by atoms with van der Waals surface area (Å²) in [6.45, 7) is 2.62. The number of ether oxygens (including phenoxy) is 2. The first-order valence-corrected chi connectivity index (χ1v) is 11.1. The maximum Gasteiger partial charge on any atom is 0.260 e. The number of quaternary nitrogens is 1. The molecule has 2 N–H and O–H groups in total. The summed E-state index contributed by atoms with van der Waals surface area (Å²) in [6.07, 6.45) is 5.47. The number of hydrogen-bond acceptors (Lipinski definition) is 5. The number of aromatic amines is 1. The molecule has 0 amide bonds. The monoisotopic (exact) mass is 412 g/mol. The van der Waals surface area contributed by atoms with Crippen LogP contribution in [0.3, 0.4) is 0 Å². The smallest absolute Gasteiger partial charge is 0.260 e.